The van der Waals surface area contributed by atoms with Gasteiger partial charge in [-0.25, -0.2) is 4.98 Å². The molecule has 1 atom stereocenters. The molecule has 3 heterocycles. The van der Waals surface area contributed by atoms with Gasteiger partial charge in [-0.1, -0.05) is 26.0 Å². The van der Waals surface area contributed by atoms with Crippen LogP contribution in [0.4, 0.5) is 17.5 Å². The topological polar surface area (TPSA) is 114 Å². The van der Waals surface area contributed by atoms with Gasteiger partial charge in [-0.3, -0.25) is 0 Å². The number of nitrogens with one attached hydrogen (secondary N) is 2. The van der Waals surface area contributed by atoms with Crippen molar-refractivity contribution in [3.63, 3.8) is 0 Å². The van der Waals surface area contributed by atoms with Gasteiger partial charge in [-0.2, -0.15) is 21.3 Å². The third-order valence-electron chi connectivity index (χ3n) is 5.44. The van der Waals surface area contributed by atoms with Crippen molar-refractivity contribution in [2.24, 2.45) is 5.92 Å². The van der Waals surface area contributed by atoms with E-state index in [9.17, 15) is 5.11 Å². The summed E-state index contributed by atoms with van der Waals surface area (Å²) in [6.45, 7) is 5.47. The van der Waals surface area contributed by atoms with E-state index in [4.69, 9.17) is 10.7 Å². The second kappa shape index (κ2) is 9.97. The van der Waals surface area contributed by atoms with Gasteiger partial charge in [-0.05, 0) is 52.4 Å². The summed E-state index contributed by atoms with van der Waals surface area (Å²) in [7, 11) is 0. The lowest BCUT2D eigenvalue weighted by atomic mass is 10.1. The van der Waals surface area contributed by atoms with E-state index >= 15 is 0 Å². The van der Waals surface area contributed by atoms with Crippen LogP contribution < -0.4 is 16.4 Å². The van der Waals surface area contributed by atoms with Gasteiger partial charge in [0.2, 0.25) is 5.95 Å². The Morgan fingerprint density at radius 2 is 1.94 bits per heavy atom. The monoisotopic (exact) mass is 451 g/mol. The van der Waals surface area contributed by atoms with Gasteiger partial charge in [0.05, 0.1) is 19.0 Å². The fourth-order valence-corrected chi connectivity index (χ4v) is 4.09. The number of thiophene rings is 1. The smallest absolute Gasteiger partial charge is 0.227 e. The van der Waals surface area contributed by atoms with Crippen molar-refractivity contribution >= 4 is 40.0 Å². The fourth-order valence-electron chi connectivity index (χ4n) is 3.39. The second-order valence-corrected chi connectivity index (χ2v) is 8.94. The highest BCUT2D eigenvalue weighted by Crippen LogP contribution is 2.23. The molecule has 0 spiro atoms. The van der Waals surface area contributed by atoms with E-state index in [0.717, 1.165) is 35.4 Å². The van der Waals surface area contributed by atoms with Gasteiger partial charge >= 0.3 is 0 Å². The summed E-state index contributed by atoms with van der Waals surface area (Å²) in [4.78, 5) is 14.0. The Morgan fingerprint density at radius 1 is 1.12 bits per heavy atom. The van der Waals surface area contributed by atoms with Crippen LogP contribution in [0.15, 0.2) is 47.4 Å². The summed E-state index contributed by atoms with van der Waals surface area (Å²) in [6, 6.07) is 9.74. The van der Waals surface area contributed by atoms with Crippen molar-refractivity contribution in [1.29, 1.82) is 0 Å². The highest BCUT2D eigenvalue weighted by molar-refractivity contribution is 7.07. The molecule has 0 fully saturated rings. The molecule has 8 nitrogen and oxygen atoms in total. The number of aromatic nitrogens is 4. The maximum Gasteiger partial charge on any atom is 0.227 e. The number of benzene rings is 1. The third kappa shape index (κ3) is 5.17. The summed E-state index contributed by atoms with van der Waals surface area (Å²) in [5.41, 5.74) is 10.4. The molecule has 168 valence electrons. The highest BCUT2D eigenvalue weighted by Gasteiger charge is 2.18. The molecule has 5 N–H and O–H groups in total. The molecule has 3 aromatic heterocycles. The van der Waals surface area contributed by atoms with Crippen LogP contribution in [0.2, 0.25) is 0 Å². The number of nitrogens with zero attached hydrogens (tertiary/aromatic N) is 4. The molecule has 0 aliphatic heterocycles. The lowest BCUT2D eigenvalue weighted by Crippen LogP contribution is -2.30. The first-order valence-electron chi connectivity index (χ1n) is 10.7. The van der Waals surface area contributed by atoms with Crippen molar-refractivity contribution < 1.29 is 5.11 Å². The standard InChI is InChI=1S/C23H29N7OS/c1-15(2)19(12-31)27-23-28-21(25-11-16-3-5-18(24)6-4-16)20-22(29-23)30(14-26-20)9-7-17-8-10-32-13-17/h3-6,8,10,13-15,19,31H,7,9,11-12,24H2,1-2H3,(H2,25,27,28,29)/t19-/m0/s1. The van der Waals surface area contributed by atoms with Gasteiger partial charge in [0.1, 0.15) is 0 Å². The summed E-state index contributed by atoms with van der Waals surface area (Å²) >= 11 is 1.70. The van der Waals surface area contributed by atoms with Crippen LogP contribution in [0.1, 0.15) is 25.0 Å². The van der Waals surface area contributed by atoms with E-state index in [1.54, 1.807) is 11.3 Å². The van der Waals surface area contributed by atoms with Crippen molar-refractivity contribution in [2.75, 3.05) is 23.0 Å². The first-order valence-corrected chi connectivity index (χ1v) is 11.7. The van der Waals surface area contributed by atoms with Crippen LogP contribution in [0, 0.1) is 5.92 Å². The van der Waals surface area contributed by atoms with Crippen molar-refractivity contribution in [3.8, 4) is 0 Å². The Morgan fingerprint density at radius 3 is 2.62 bits per heavy atom. The van der Waals surface area contributed by atoms with E-state index in [1.165, 1.54) is 5.56 Å². The predicted molar refractivity (Wildman–Crippen MR) is 131 cm³/mol. The van der Waals surface area contributed by atoms with Crippen LogP contribution in [0.5, 0.6) is 0 Å². The number of anilines is 3. The van der Waals surface area contributed by atoms with Gasteiger partial charge in [0, 0.05) is 18.8 Å². The fraction of sp³-hybridized carbons (Fsp3) is 0.348. The van der Waals surface area contributed by atoms with Crippen molar-refractivity contribution in [3.05, 3.63) is 58.5 Å². The zero-order valence-corrected chi connectivity index (χ0v) is 19.1. The molecule has 0 saturated heterocycles. The van der Waals surface area contributed by atoms with Crippen molar-refractivity contribution in [2.45, 2.75) is 39.4 Å². The Bertz CT molecular complexity index is 1140. The summed E-state index contributed by atoms with van der Waals surface area (Å²) in [6.07, 6.45) is 2.72. The molecule has 0 saturated carbocycles. The normalized spacial score (nSPS) is 12.4. The number of imidazole rings is 1. The molecule has 0 bridgehead atoms. The molecule has 9 heteroatoms. The lowest BCUT2D eigenvalue weighted by Gasteiger charge is -2.20. The molecule has 4 rings (SSSR count). The third-order valence-corrected chi connectivity index (χ3v) is 6.17. The maximum atomic E-state index is 9.76. The van der Waals surface area contributed by atoms with Crippen LogP contribution in [-0.4, -0.2) is 37.3 Å². The molecule has 0 radical (unpaired) electrons. The molecule has 1 aromatic carbocycles. The zero-order valence-electron chi connectivity index (χ0n) is 18.3. The lowest BCUT2D eigenvalue weighted by molar-refractivity contribution is 0.248. The van der Waals surface area contributed by atoms with Crippen molar-refractivity contribution in [1.82, 2.24) is 19.5 Å². The molecule has 0 unspecified atom stereocenters. The Kier molecular flexibility index (Phi) is 6.87. The number of aliphatic hydroxyl groups excluding tert-OH is 1. The number of aliphatic hydroxyl groups is 1. The number of aryl methyl sites for hydroxylation is 2. The number of rotatable bonds is 10. The van der Waals surface area contributed by atoms with Gasteiger partial charge < -0.3 is 26.0 Å². The molecule has 32 heavy (non-hydrogen) atoms. The largest absolute Gasteiger partial charge is 0.399 e. The number of hydrogen-bond acceptors (Lipinski definition) is 8. The minimum absolute atomic E-state index is 0.00464. The minimum atomic E-state index is -0.139. The van der Waals surface area contributed by atoms with E-state index in [2.05, 4.69) is 55.8 Å². The number of hydrogen-bond donors (Lipinski definition) is 4. The van der Waals surface area contributed by atoms with Crippen LogP contribution in [0.3, 0.4) is 0 Å². The molecule has 4 aromatic rings. The highest BCUT2D eigenvalue weighted by atomic mass is 32.1. The first kappa shape index (κ1) is 22.0. The minimum Gasteiger partial charge on any atom is -0.399 e. The average molecular weight is 452 g/mol. The van der Waals surface area contributed by atoms with Gasteiger partial charge in [0.25, 0.3) is 0 Å². The average Bonchev–Trinajstić information content (AvgIpc) is 3.45. The van der Waals surface area contributed by atoms with Crippen LogP contribution >= 0.6 is 11.3 Å². The first-order chi connectivity index (χ1) is 15.5. The van der Waals surface area contributed by atoms with Crippen LogP contribution in [-0.2, 0) is 19.5 Å². The molecular weight excluding hydrogens is 422 g/mol. The molecule has 0 aliphatic rings. The van der Waals surface area contributed by atoms with E-state index in [1.807, 2.05) is 30.6 Å². The van der Waals surface area contributed by atoms with E-state index < -0.39 is 0 Å². The predicted octanol–water partition coefficient (Wildman–Crippen LogP) is 3.75. The molecule has 0 amide bonds. The number of nitrogens with two attached hydrogens (primary N) is 1. The van der Waals surface area contributed by atoms with E-state index in [0.29, 0.717) is 18.3 Å². The SMILES string of the molecule is CC(C)[C@H](CO)Nc1nc(NCc2ccc(N)cc2)c2ncn(CCc3ccsc3)c2n1. The van der Waals surface area contributed by atoms with E-state index in [-0.39, 0.29) is 18.6 Å². The number of fused-ring (bicyclic) bond motifs is 1. The summed E-state index contributed by atoms with van der Waals surface area (Å²) < 4.78 is 2.05. The molecular formula is C23H29N7OS. The Labute approximate surface area is 191 Å². The zero-order chi connectivity index (χ0) is 22.5. The Balaban J connectivity index is 1.63. The van der Waals surface area contributed by atoms with Crippen LogP contribution in [0.25, 0.3) is 11.2 Å². The molecule has 0 aliphatic carbocycles. The quantitative estimate of drug-likeness (QED) is 0.272. The second-order valence-electron chi connectivity index (χ2n) is 8.16. The Hall–Kier alpha value is -3.17. The van der Waals surface area contributed by atoms with Gasteiger partial charge in [0.15, 0.2) is 17.0 Å². The summed E-state index contributed by atoms with van der Waals surface area (Å²) in [5.74, 6) is 1.36. The van der Waals surface area contributed by atoms with Gasteiger partial charge in [-0.15, -0.1) is 0 Å². The summed E-state index contributed by atoms with van der Waals surface area (Å²) in [5, 5.41) is 20.7. The number of nitrogen functional groups attached to an aromatic ring is 1. The maximum absolute atomic E-state index is 9.76.